The molecule has 1 aliphatic heterocycles. The largest absolute Gasteiger partial charge is 0.449 e. The lowest BCUT2D eigenvalue weighted by Gasteiger charge is -2.17. The number of carbonyl (C=O) groups excluding carboxylic acids is 2. The van der Waals surface area contributed by atoms with Crippen molar-refractivity contribution in [3.8, 4) is 0 Å². The van der Waals surface area contributed by atoms with Crippen LogP contribution in [-0.4, -0.2) is 58.7 Å². The van der Waals surface area contributed by atoms with Gasteiger partial charge < -0.3 is 10.1 Å². The molecule has 3 heterocycles. The Labute approximate surface area is 193 Å². The zero-order chi connectivity index (χ0) is 23.3. The van der Waals surface area contributed by atoms with E-state index in [0.29, 0.717) is 28.7 Å². The monoisotopic (exact) mass is 474 g/mol. The molecule has 1 N–H and O–H groups in total. The molecule has 2 atom stereocenters. The highest BCUT2D eigenvalue weighted by atomic mass is 32.2. The lowest BCUT2D eigenvalue weighted by Crippen LogP contribution is -2.40. The van der Waals surface area contributed by atoms with Crippen molar-refractivity contribution in [3.05, 3.63) is 23.0 Å². The van der Waals surface area contributed by atoms with E-state index < -0.39 is 21.9 Å². The first-order valence-electron chi connectivity index (χ1n) is 11.8. The van der Waals surface area contributed by atoms with Crippen LogP contribution in [0.5, 0.6) is 0 Å². The summed E-state index contributed by atoms with van der Waals surface area (Å²) >= 11 is 0. The van der Waals surface area contributed by atoms with Gasteiger partial charge in [-0.1, -0.05) is 12.8 Å². The molecule has 9 nitrogen and oxygen atoms in total. The summed E-state index contributed by atoms with van der Waals surface area (Å²) in [4.78, 5) is 30.6. The fraction of sp³-hybridized carbons (Fsp3) is 0.652. The number of aromatic nitrogens is 3. The summed E-state index contributed by atoms with van der Waals surface area (Å²) in [6.45, 7) is 3.37. The second-order valence-electron chi connectivity index (χ2n) is 9.69. The van der Waals surface area contributed by atoms with Gasteiger partial charge in [-0.2, -0.15) is 5.10 Å². The Bertz CT molecular complexity index is 1210. The van der Waals surface area contributed by atoms with E-state index in [1.54, 1.807) is 24.6 Å². The topological polar surface area (TPSA) is 120 Å². The molecule has 0 spiro atoms. The fourth-order valence-electron chi connectivity index (χ4n) is 4.97. The Morgan fingerprint density at radius 1 is 1.18 bits per heavy atom. The Kier molecular flexibility index (Phi) is 5.66. The van der Waals surface area contributed by atoms with Gasteiger partial charge in [0.05, 0.1) is 34.2 Å². The molecule has 2 saturated carbocycles. The molecule has 10 heteroatoms. The molecule has 0 aromatic carbocycles. The lowest BCUT2D eigenvalue weighted by atomic mass is 10.1. The summed E-state index contributed by atoms with van der Waals surface area (Å²) in [6.07, 6.45) is 5.67. The number of ether oxygens (including phenoxy) is 1. The minimum absolute atomic E-state index is 0.0245. The number of aryl methyl sites for hydroxylation is 1. The van der Waals surface area contributed by atoms with Gasteiger partial charge in [-0.05, 0) is 52.0 Å². The average molecular weight is 475 g/mol. The molecule has 1 amide bonds. The quantitative estimate of drug-likeness (QED) is 0.639. The highest BCUT2D eigenvalue weighted by Crippen LogP contribution is 2.41. The summed E-state index contributed by atoms with van der Waals surface area (Å²) in [5.41, 5.74) is 2.25. The van der Waals surface area contributed by atoms with E-state index in [2.05, 4.69) is 10.4 Å². The van der Waals surface area contributed by atoms with E-state index in [4.69, 9.17) is 9.72 Å². The number of rotatable bonds is 6. The average Bonchev–Trinajstić information content (AvgIpc) is 3.23. The molecule has 0 unspecified atom stereocenters. The molecule has 1 saturated heterocycles. The van der Waals surface area contributed by atoms with Crippen molar-refractivity contribution in [2.75, 3.05) is 11.5 Å². The van der Waals surface area contributed by atoms with Crippen molar-refractivity contribution in [1.82, 2.24) is 20.1 Å². The van der Waals surface area contributed by atoms with Crippen LogP contribution in [-0.2, 0) is 19.4 Å². The fourth-order valence-corrected chi connectivity index (χ4v) is 6.66. The molecule has 2 aromatic rings. The number of nitrogens with zero attached hydrogens (tertiary/aromatic N) is 3. The van der Waals surface area contributed by atoms with E-state index in [1.807, 2.05) is 0 Å². The number of hydrogen-bond donors (Lipinski definition) is 1. The van der Waals surface area contributed by atoms with Crippen molar-refractivity contribution in [2.45, 2.75) is 82.9 Å². The first kappa shape index (κ1) is 22.3. The maximum Gasteiger partial charge on any atom is 0.339 e. The van der Waals surface area contributed by atoms with Crippen LogP contribution in [0.1, 0.15) is 85.6 Å². The van der Waals surface area contributed by atoms with Crippen molar-refractivity contribution >= 4 is 32.7 Å². The van der Waals surface area contributed by atoms with Gasteiger partial charge in [-0.25, -0.2) is 22.9 Å². The van der Waals surface area contributed by atoms with Gasteiger partial charge in [0.15, 0.2) is 21.6 Å². The van der Waals surface area contributed by atoms with Gasteiger partial charge in [0.25, 0.3) is 5.91 Å². The highest BCUT2D eigenvalue weighted by Gasteiger charge is 2.34. The van der Waals surface area contributed by atoms with Crippen LogP contribution in [0.4, 0.5) is 0 Å². The van der Waals surface area contributed by atoms with Crippen LogP contribution in [0.25, 0.3) is 11.0 Å². The summed E-state index contributed by atoms with van der Waals surface area (Å²) < 4.78 is 31.4. The van der Waals surface area contributed by atoms with Gasteiger partial charge in [0.1, 0.15) is 0 Å². The van der Waals surface area contributed by atoms with Crippen molar-refractivity contribution in [2.24, 2.45) is 0 Å². The highest BCUT2D eigenvalue weighted by molar-refractivity contribution is 7.91. The zero-order valence-electron chi connectivity index (χ0n) is 19.0. The normalized spacial score (nSPS) is 23.6. The van der Waals surface area contributed by atoms with E-state index in [9.17, 15) is 18.0 Å². The molecular formula is C23H30N4O5S. The molecular weight excluding hydrogens is 444 g/mol. The molecule has 2 aliphatic carbocycles. The summed E-state index contributed by atoms with van der Waals surface area (Å²) in [7, 11) is -3.10. The summed E-state index contributed by atoms with van der Waals surface area (Å²) in [5.74, 6) is -0.439. The Balaban J connectivity index is 1.45. The smallest absolute Gasteiger partial charge is 0.339 e. The van der Waals surface area contributed by atoms with Crippen LogP contribution in [0, 0.1) is 6.92 Å². The third-order valence-electron chi connectivity index (χ3n) is 6.98. The van der Waals surface area contributed by atoms with Crippen molar-refractivity contribution in [1.29, 1.82) is 0 Å². The third kappa shape index (κ3) is 4.49. The van der Waals surface area contributed by atoms with Crippen molar-refractivity contribution in [3.63, 3.8) is 0 Å². The predicted molar refractivity (Wildman–Crippen MR) is 122 cm³/mol. The molecule has 3 fully saturated rings. The second-order valence-corrected chi connectivity index (χ2v) is 11.9. The molecule has 2 aromatic heterocycles. The second kappa shape index (κ2) is 8.38. The molecule has 33 heavy (non-hydrogen) atoms. The first-order valence-corrected chi connectivity index (χ1v) is 13.7. The van der Waals surface area contributed by atoms with E-state index in [1.165, 1.54) is 0 Å². The van der Waals surface area contributed by atoms with Gasteiger partial charge >= 0.3 is 5.97 Å². The molecule has 0 bridgehead atoms. The summed E-state index contributed by atoms with van der Waals surface area (Å²) in [6, 6.07) is 1.61. The molecule has 3 aliphatic rings. The maximum atomic E-state index is 13.2. The SMILES string of the molecule is Cc1nn([C@H]2CCS(=O)(=O)C2)c2nc(C3CC3)cc(C(=O)O[C@H](C)C(=O)NC3CCCC3)c12. The minimum atomic E-state index is -3.10. The number of nitrogens with one attached hydrogen (secondary N) is 1. The van der Waals surface area contributed by atoms with Gasteiger partial charge in [-0.3, -0.25) is 4.79 Å². The number of sulfone groups is 1. The third-order valence-corrected chi connectivity index (χ3v) is 8.73. The maximum absolute atomic E-state index is 13.2. The first-order chi connectivity index (χ1) is 15.7. The molecule has 5 rings (SSSR count). The van der Waals surface area contributed by atoms with E-state index in [0.717, 1.165) is 44.2 Å². The Morgan fingerprint density at radius 2 is 1.91 bits per heavy atom. The standard InChI is InChI=1S/C23H30N4O5S/c1-13-20-18(23(29)32-14(2)22(28)24-16-5-3-4-6-16)11-19(15-7-8-15)25-21(20)27(26-13)17-9-10-33(30,31)12-17/h11,14-17H,3-10,12H2,1-2H3,(H,24,28)/t14-,17+/m1/s1. The van der Waals surface area contributed by atoms with Crippen LogP contribution >= 0.6 is 0 Å². The number of hydrogen-bond acceptors (Lipinski definition) is 7. The van der Waals surface area contributed by atoms with Gasteiger partial charge in [-0.15, -0.1) is 0 Å². The Morgan fingerprint density at radius 3 is 2.55 bits per heavy atom. The van der Waals surface area contributed by atoms with Crippen LogP contribution in [0.2, 0.25) is 0 Å². The minimum Gasteiger partial charge on any atom is -0.449 e. The predicted octanol–water partition coefficient (Wildman–Crippen LogP) is 2.58. The number of carbonyl (C=O) groups is 2. The summed E-state index contributed by atoms with van der Waals surface area (Å²) in [5, 5.41) is 8.12. The van der Waals surface area contributed by atoms with Crippen LogP contribution in [0.3, 0.4) is 0 Å². The number of amides is 1. The van der Waals surface area contributed by atoms with Crippen LogP contribution in [0.15, 0.2) is 6.07 Å². The van der Waals surface area contributed by atoms with E-state index in [-0.39, 0.29) is 35.4 Å². The lowest BCUT2D eigenvalue weighted by molar-refractivity contribution is -0.129. The van der Waals surface area contributed by atoms with Crippen molar-refractivity contribution < 1.29 is 22.7 Å². The van der Waals surface area contributed by atoms with E-state index >= 15 is 0 Å². The van der Waals surface area contributed by atoms with Crippen LogP contribution < -0.4 is 5.32 Å². The number of pyridine rings is 1. The number of fused-ring (bicyclic) bond motifs is 1. The number of esters is 1. The molecule has 178 valence electrons. The molecule has 0 radical (unpaired) electrons. The van der Waals surface area contributed by atoms with Gasteiger partial charge in [0, 0.05) is 17.7 Å². The zero-order valence-corrected chi connectivity index (χ0v) is 19.9. The Hall–Kier alpha value is -2.49. The van der Waals surface area contributed by atoms with Gasteiger partial charge in [0.2, 0.25) is 0 Å².